The van der Waals surface area contributed by atoms with Crippen molar-refractivity contribution in [3.8, 4) is 11.5 Å². The van der Waals surface area contributed by atoms with Crippen molar-refractivity contribution in [1.82, 2.24) is 5.32 Å². The molecule has 1 atom stereocenters. The third-order valence-corrected chi connectivity index (χ3v) is 4.50. The maximum atomic E-state index is 12.3. The number of methoxy groups -OCH3 is 1. The van der Waals surface area contributed by atoms with Crippen molar-refractivity contribution in [2.75, 3.05) is 13.7 Å². The van der Waals surface area contributed by atoms with Crippen LogP contribution in [0.25, 0.3) is 0 Å². The Morgan fingerprint density at radius 3 is 2.85 bits per heavy atom. The van der Waals surface area contributed by atoms with Crippen LogP contribution in [-0.2, 0) is 11.3 Å². The lowest BCUT2D eigenvalue weighted by Crippen LogP contribution is -2.26. The molecule has 0 fully saturated rings. The third kappa shape index (κ3) is 3.96. The Kier molecular flexibility index (Phi) is 5.41. The molecule has 0 unspecified atom stereocenters. The Bertz CT molecular complexity index is 818. The first-order valence-electron chi connectivity index (χ1n) is 8.47. The monoisotopic (exact) mass is 355 g/mol. The molecule has 1 amide bonds. The highest BCUT2D eigenvalue weighted by molar-refractivity contribution is 5.91. The van der Waals surface area contributed by atoms with E-state index in [0.29, 0.717) is 24.3 Å². The number of carbonyl (C=O) groups excluding carboxylic acids is 1. The van der Waals surface area contributed by atoms with E-state index in [-0.39, 0.29) is 23.9 Å². The van der Waals surface area contributed by atoms with E-state index in [0.717, 1.165) is 17.7 Å². The number of aromatic carboxylic acids is 1. The molecular formula is C20H21NO5. The predicted octanol–water partition coefficient (Wildman–Crippen LogP) is 2.97. The Morgan fingerprint density at radius 1 is 1.27 bits per heavy atom. The number of benzene rings is 2. The van der Waals surface area contributed by atoms with Crippen LogP contribution in [0.2, 0.25) is 0 Å². The molecule has 2 aromatic rings. The average Bonchev–Trinajstić information content (AvgIpc) is 2.66. The Hall–Kier alpha value is -3.02. The first-order valence-corrected chi connectivity index (χ1v) is 8.47. The van der Waals surface area contributed by atoms with Gasteiger partial charge >= 0.3 is 5.97 Å². The second kappa shape index (κ2) is 7.91. The summed E-state index contributed by atoms with van der Waals surface area (Å²) >= 11 is 0. The van der Waals surface area contributed by atoms with Gasteiger partial charge in [0, 0.05) is 13.0 Å². The largest absolute Gasteiger partial charge is 0.496 e. The number of carboxylic acid groups (broad SMARTS) is 1. The molecule has 26 heavy (non-hydrogen) atoms. The fourth-order valence-corrected chi connectivity index (χ4v) is 3.16. The van der Waals surface area contributed by atoms with Crippen molar-refractivity contribution in [3.05, 3.63) is 59.2 Å². The van der Waals surface area contributed by atoms with Gasteiger partial charge in [-0.2, -0.15) is 0 Å². The highest BCUT2D eigenvalue weighted by Gasteiger charge is 2.23. The van der Waals surface area contributed by atoms with Gasteiger partial charge in [-0.3, -0.25) is 4.79 Å². The van der Waals surface area contributed by atoms with Gasteiger partial charge < -0.3 is 19.9 Å². The number of fused-ring (bicyclic) bond motifs is 1. The van der Waals surface area contributed by atoms with Crippen LogP contribution in [0, 0.1) is 0 Å². The highest BCUT2D eigenvalue weighted by Crippen LogP contribution is 2.35. The van der Waals surface area contributed by atoms with Gasteiger partial charge in [0.1, 0.15) is 17.1 Å². The van der Waals surface area contributed by atoms with Crippen molar-refractivity contribution in [2.45, 2.75) is 25.3 Å². The number of para-hydroxylation sites is 1. The summed E-state index contributed by atoms with van der Waals surface area (Å²) in [6.07, 6.45) is 1.18. The van der Waals surface area contributed by atoms with Gasteiger partial charge in [-0.05, 0) is 41.7 Å². The van der Waals surface area contributed by atoms with Crippen LogP contribution in [0.3, 0.4) is 0 Å². The second-order valence-electron chi connectivity index (χ2n) is 6.19. The minimum absolute atomic E-state index is 0.0700. The quantitative estimate of drug-likeness (QED) is 0.832. The van der Waals surface area contributed by atoms with Crippen LogP contribution >= 0.6 is 0 Å². The molecule has 2 N–H and O–H groups in total. The number of carbonyl (C=O) groups is 2. The van der Waals surface area contributed by atoms with Gasteiger partial charge in [-0.1, -0.05) is 24.3 Å². The summed E-state index contributed by atoms with van der Waals surface area (Å²) in [5.74, 6) is 0.142. The number of amides is 1. The lowest BCUT2D eigenvalue weighted by Gasteiger charge is -2.25. The summed E-state index contributed by atoms with van der Waals surface area (Å²) in [5.41, 5.74) is 1.85. The Morgan fingerprint density at radius 2 is 2.08 bits per heavy atom. The van der Waals surface area contributed by atoms with Crippen LogP contribution in [0.4, 0.5) is 0 Å². The summed E-state index contributed by atoms with van der Waals surface area (Å²) in [5, 5.41) is 12.1. The van der Waals surface area contributed by atoms with Crippen molar-refractivity contribution in [1.29, 1.82) is 0 Å². The molecular weight excluding hydrogens is 334 g/mol. The van der Waals surface area contributed by atoms with Gasteiger partial charge in [-0.25, -0.2) is 4.79 Å². The lowest BCUT2D eigenvalue weighted by molar-refractivity contribution is -0.121. The topological polar surface area (TPSA) is 84.9 Å². The van der Waals surface area contributed by atoms with E-state index >= 15 is 0 Å². The van der Waals surface area contributed by atoms with Crippen molar-refractivity contribution < 1.29 is 24.2 Å². The summed E-state index contributed by atoms with van der Waals surface area (Å²) in [6, 6.07) is 12.6. The number of carboxylic acids is 1. The first kappa shape index (κ1) is 17.8. The third-order valence-electron chi connectivity index (χ3n) is 4.50. The SMILES string of the molecule is COc1ccc(CNC(=O)C[C@H]2CCOc3ccccc32)cc1C(=O)O. The zero-order chi connectivity index (χ0) is 18.5. The van der Waals surface area contributed by atoms with Crippen molar-refractivity contribution >= 4 is 11.9 Å². The molecule has 6 nitrogen and oxygen atoms in total. The molecule has 3 rings (SSSR count). The number of rotatable bonds is 6. The summed E-state index contributed by atoms with van der Waals surface area (Å²) in [7, 11) is 1.43. The highest BCUT2D eigenvalue weighted by atomic mass is 16.5. The molecule has 1 aliphatic heterocycles. The van der Waals surface area contributed by atoms with Crippen molar-refractivity contribution in [3.63, 3.8) is 0 Å². The molecule has 0 bridgehead atoms. The normalized spacial score (nSPS) is 15.5. The summed E-state index contributed by atoms with van der Waals surface area (Å²) < 4.78 is 10.7. The zero-order valence-corrected chi connectivity index (χ0v) is 14.5. The molecule has 0 aliphatic carbocycles. The Balaban J connectivity index is 1.62. The van der Waals surface area contributed by atoms with Crippen LogP contribution < -0.4 is 14.8 Å². The minimum atomic E-state index is -1.06. The average molecular weight is 355 g/mol. The fraction of sp³-hybridized carbons (Fsp3) is 0.300. The standard InChI is InChI=1S/C20H21NO5/c1-25-17-7-6-13(10-16(17)20(23)24)12-21-19(22)11-14-8-9-26-18-5-3-2-4-15(14)18/h2-7,10,14H,8-9,11-12H2,1H3,(H,21,22)(H,23,24)/t14-/m1/s1. The van der Waals surface area contributed by atoms with Crippen LogP contribution in [-0.4, -0.2) is 30.7 Å². The molecule has 0 aromatic heterocycles. The molecule has 0 saturated carbocycles. The van der Waals surface area contributed by atoms with Crippen molar-refractivity contribution in [2.24, 2.45) is 0 Å². The fourth-order valence-electron chi connectivity index (χ4n) is 3.16. The van der Waals surface area contributed by atoms with Gasteiger partial charge in [0.05, 0.1) is 13.7 Å². The molecule has 136 valence electrons. The lowest BCUT2D eigenvalue weighted by atomic mass is 9.90. The van der Waals surface area contributed by atoms with E-state index in [9.17, 15) is 14.7 Å². The van der Waals surface area contributed by atoms with Gasteiger partial charge in [-0.15, -0.1) is 0 Å². The maximum absolute atomic E-state index is 12.3. The number of hydrogen-bond donors (Lipinski definition) is 2. The number of hydrogen-bond acceptors (Lipinski definition) is 4. The molecule has 0 radical (unpaired) electrons. The van der Waals surface area contributed by atoms with E-state index in [1.807, 2.05) is 24.3 Å². The molecule has 1 heterocycles. The second-order valence-corrected chi connectivity index (χ2v) is 6.19. The van der Waals surface area contributed by atoms with E-state index in [1.54, 1.807) is 12.1 Å². The molecule has 1 aliphatic rings. The zero-order valence-electron chi connectivity index (χ0n) is 14.5. The minimum Gasteiger partial charge on any atom is -0.496 e. The van der Waals surface area contributed by atoms with Crippen LogP contribution in [0.15, 0.2) is 42.5 Å². The van der Waals surface area contributed by atoms with Gasteiger partial charge in [0.2, 0.25) is 5.91 Å². The summed E-state index contributed by atoms with van der Waals surface area (Å²) in [6.45, 7) is 0.878. The molecule has 0 saturated heterocycles. The van der Waals surface area contributed by atoms with E-state index in [4.69, 9.17) is 9.47 Å². The first-order chi connectivity index (χ1) is 12.6. The number of ether oxygens (including phenoxy) is 2. The number of nitrogens with one attached hydrogen (secondary N) is 1. The Labute approximate surface area is 151 Å². The van der Waals surface area contributed by atoms with E-state index < -0.39 is 5.97 Å². The van der Waals surface area contributed by atoms with Gasteiger partial charge in [0.25, 0.3) is 0 Å². The summed E-state index contributed by atoms with van der Waals surface area (Å²) in [4.78, 5) is 23.6. The van der Waals surface area contributed by atoms with Crippen LogP contribution in [0.5, 0.6) is 11.5 Å². The maximum Gasteiger partial charge on any atom is 0.339 e. The van der Waals surface area contributed by atoms with E-state index in [2.05, 4.69) is 5.32 Å². The van der Waals surface area contributed by atoms with Crippen LogP contribution in [0.1, 0.15) is 40.2 Å². The van der Waals surface area contributed by atoms with Gasteiger partial charge in [0.15, 0.2) is 0 Å². The molecule has 0 spiro atoms. The molecule has 6 heteroatoms. The molecule has 2 aromatic carbocycles. The predicted molar refractivity (Wildman–Crippen MR) is 95.7 cm³/mol. The van der Waals surface area contributed by atoms with E-state index in [1.165, 1.54) is 13.2 Å². The smallest absolute Gasteiger partial charge is 0.339 e.